The maximum absolute atomic E-state index is 10.7. The summed E-state index contributed by atoms with van der Waals surface area (Å²) in [5, 5.41) is 0. The molecule has 0 aromatic carbocycles. The molecule has 0 saturated heterocycles. The first kappa shape index (κ1) is 11.5. The fourth-order valence-corrected chi connectivity index (χ4v) is 0. The second-order valence-electron chi connectivity index (χ2n) is 0.776. The zero-order valence-corrected chi connectivity index (χ0v) is 10.0. The predicted molar refractivity (Wildman–Crippen MR) is 26.1 cm³/mol. The molecule has 0 heterocycles. The molecule has 0 amide bonds. The summed E-state index contributed by atoms with van der Waals surface area (Å²) < 4.78 is 47.0. The molecule has 0 spiro atoms. The first-order valence-corrected chi connectivity index (χ1v) is 2.69. The van der Waals surface area contributed by atoms with E-state index >= 15 is 0 Å². The number of alkyl halides is 2. The molecule has 0 aliphatic rings. The van der Waals surface area contributed by atoms with Crippen LogP contribution in [0.5, 0.6) is 0 Å². The third kappa shape index (κ3) is 4.84. The minimum atomic E-state index is -5.07. The molecule has 0 atom stereocenters. The quantitative estimate of drug-likeness (QED) is 0.501. The third-order valence-corrected chi connectivity index (χ3v) is 0.675. The summed E-state index contributed by atoms with van der Waals surface area (Å²) >= 11 is 0. The second-order valence-corrected chi connectivity index (χ2v) is 2.16. The van der Waals surface area contributed by atoms with Crippen molar-refractivity contribution in [2.45, 2.75) is 5.76 Å². The van der Waals surface area contributed by atoms with E-state index in [-0.39, 0.29) is 27.3 Å². The topological polar surface area (TPSA) is 54.4 Å². The second kappa shape index (κ2) is 3.67. The zero-order valence-electron chi connectivity index (χ0n) is 3.71. The van der Waals surface area contributed by atoms with Crippen molar-refractivity contribution in [3.8, 4) is 0 Å². The molecule has 1 N–H and O–H groups in total. The fourth-order valence-electron chi connectivity index (χ4n) is 0. The summed E-state index contributed by atoms with van der Waals surface area (Å²) in [7, 11) is -5.07. The Hall–Kier alpha value is 0.692. The summed E-state index contributed by atoms with van der Waals surface area (Å²) in [5.74, 6) is -3.67. The first-order valence-electron chi connectivity index (χ1n) is 1.19. The van der Waals surface area contributed by atoms with Crippen LogP contribution in [0, 0.1) is 0 Å². The average molecular weight is 341 g/mol. The van der Waals surface area contributed by atoms with Gasteiger partial charge in [0.2, 0.25) is 0 Å². The first-order chi connectivity index (χ1) is 2.94. The summed E-state index contributed by atoms with van der Waals surface area (Å²) in [6.07, 6.45) is 0. The fraction of sp³-hybridized carbons (Fsp3) is 1.00. The van der Waals surface area contributed by atoms with Crippen molar-refractivity contribution in [2.75, 3.05) is 0 Å². The van der Waals surface area contributed by atoms with Gasteiger partial charge in [0.1, 0.15) is 0 Å². The molecule has 0 aromatic heterocycles. The van der Waals surface area contributed by atoms with Crippen molar-refractivity contribution < 1.29 is 21.8 Å². The van der Waals surface area contributed by atoms with Gasteiger partial charge in [-0.2, -0.15) is 17.2 Å². The summed E-state index contributed by atoms with van der Waals surface area (Å²) in [5.41, 5.74) is 0. The Morgan fingerprint density at radius 1 is 1.38 bits per heavy atom. The van der Waals surface area contributed by atoms with Gasteiger partial charge < -0.3 is 0 Å². The van der Waals surface area contributed by atoms with Gasteiger partial charge in [0.05, 0.1) is 0 Å². The molecule has 8 heavy (non-hydrogen) atoms. The van der Waals surface area contributed by atoms with E-state index < -0.39 is 15.9 Å². The Bertz CT molecular complexity index is 139. The minimum absolute atomic E-state index is 0. The summed E-state index contributed by atoms with van der Waals surface area (Å²) in [6, 6.07) is 0. The molecule has 0 rings (SSSR count). The SMILES string of the molecule is O=S(=O)(O)C(F)F.[PbH2]. The molecule has 7 heteroatoms. The van der Waals surface area contributed by atoms with Crippen molar-refractivity contribution in [1.82, 2.24) is 0 Å². The van der Waals surface area contributed by atoms with Crippen molar-refractivity contribution in [1.29, 1.82) is 0 Å². The van der Waals surface area contributed by atoms with Crippen LogP contribution in [0.2, 0.25) is 0 Å². The monoisotopic (exact) mass is 342 g/mol. The normalized spacial score (nSPS) is 11.0. The van der Waals surface area contributed by atoms with E-state index in [0.29, 0.717) is 0 Å². The van der Waals surface area contributed by atoms with Crippen molar-refractivity contribution >= 4 is 37.4 Å². The van der Waals surface area contributed by atoms with E-state index in [1.54, 1.807) is 0 Å². The molecule has 50 valence electrons. The zero-order chi connectivity index (χ0) is 6.08. The molecule has 0 bridgehead atoms. The number of halogens is 2. The van der Waals surface area contributed by atoms with Gasteiger partial charge in [-0.15, -0.1) is 0 Å². The molecule has 2 radical (unpaired) electrons. The van der Waals surface area contributed by atoms with Gasteiger partial charge >= 0.3 is 43.2 Å². The third-order valence-electron chi connectivity index (χ3n) is 0.225. The van der Waals surface area contributed by atoms with Crippen LogP contribution in [-0.2, 0) is 10.1 Å². The molecule has 0 fully saturated rings. The van der Waals surface area contributed by atoms with Crippen molar-refractivity contribution in [2.24, 2.45) is 0 Å². The van der Waals surface area contributed by atoms with E-state index in [0.717, 1.165) is 0 Å². The van der Waals surface area contributed by atoms with Crippen LogP contribution in [0.4, 0.5) is 8.78 Å². The van der Waals surface area contributed by atoms with Crippen molar-refractivity contribution in [3.63, 3.8) is 0 Å². The van der Waals surface area contributed by atoms with Gasteiger partial charge in [0.25, 0.3) is 0 Å². The Kier molecular flexibility index (Phi) is 5.26. The molecule has 0 aromatic rings. The van der Waals surface area contributed by atoms with E-state index in [1.807, 2.05) is 0 Å². The van der Waals surface area contributed by atoms with Gasteiger partial charge in [0.15, 0.2) is 0 Å². The van der Waals surface area contributed by atoms with Gasteiger partial charge in [-0.25, -0.2) is 0 Å². The van der Waals surface area contributed by atoms with Gasteiger partial charge in [0, 0.05) is 0 Å². The number of rotatable bonds is 1. The van der Waals surface area contributed by atoms with E-state index in [1.165, 1.54) is 0 Å². The molecular formula is CH4F2O3PbS. The van der Waals surface area contributed by atoms with E-state index in [2.05, 4.69) is 0 Å². The molecule has 0 aliphatic carbocycles. The van der Waals surface area contributed by atoms with Gasteiger partial charge in [-0.3, -0.25) is 4.55 Å². The molecule has 3 nitrogen and oxygen atoms in total. The Morgan fingerprint density at radius 3 is 1.50 bits per heavy atom. The average Bonchev–Trinajstić information content (AvgIpc) is 1.31. The van der Waals surface area contributed by atoms with Crippen LogP contribution in [0.15, 0.2) is 0 Å². The van der Waals surface area contributed by atoms with Crippen LogP contribution in [0.1, 0.15) is 0 Å². The molecular weight excluding hydrogens is 337 g/mol. The maximum atomic E-state index is 10.7. The van der Waals surface area contributed by atoms with Crippen LogP contribution in [0.3, 0.4) is 0 Å². The number of hydrogen-bond donors (Lipinski definition) is 1. The molecule has 0 saturated carbocycles. The number of hydrogen-bond acceptors (Lipinski definition) is 2. The Labute approximate surface area is 65.0 Å². The van der Waals surface area contributed by atoms with Crippen molar-refractivity contribution in [3.05, 3.63) is 0 Å². The standard InChI is InChI=1S/CH2F2O3S.Pb.2H/c2-1(3)7(4,5)6;;;/h1H,(H,4,5,6);;;. The molecule has 0 unspecified atom stereocenters. The van der Waals surface area contributed by atoms with Crippen LogP contribution >= 0.6 is 0 Å². The van der Waals surface area contributed by atoms with Crippen LogP contribution < -0.4 is 0 Å². The summed E-state index contributed by atoms with van der Waals surface area (Å²) in [4.78, 5) is 0. The molecule has 0 aliphatic heterocycles. The van der Waals surface area contributed by atoms with Gasteiger partial charge in [-0.1, -0.05) is 0 Å². The Morgan fingerprint density at radius 2 is 1.50 bits per heavy atom. The van der Waals surface area contributed by atoms with E-state index in [4.69, 9.17) is 13.0 Å². The predicted octanol–water partition coefficient (Wildman–Crippen LogP) is -0.819. The summed E-state index contributed by atoms with van der Waals surface area (Å²) in [6.45, 7) is 0. The van der Waals surface area contributed by atoms with Crippen LogP contribution in [0.25, 0.3) is 0 Å². The Balaban J connectivity index is 0. The van der Waals surface area contributed by atoms with E-state index in [9.17, 15) is 8.78 Å². The van der Waals surface area contributed by atoms with Crippen LogP contribution in [-0.4, -0.2) is 46.0 Å². The van der Waals surface area contributed by atoms with Gasteiger partial charge in [-0.05, 0) is 0 Å².